The van der Waals surface area contributed by atoms with Crippen molar-refractivity contribution >= 4 is 39.8 Å². The fraction of sp³-hybridized carbons (Fsp3) is 0.667. The van der Waals surface area contributed by atoms with Crippen LogP contribution in [-0.4, -0.2) is 22.7 Å². The van der Waals surface area contributed by atoms with Crippen LogP contribution in [0.3, 0.4) is 0 Å². The number of rotatable bonds is 9. The monoisotopic (exact) mass is 406 g/mol. The summed E-state index contributed by atoms with van der Waals surface area (Å²) in [5, 5.41) is 1.32. The average molecular weight is 408 g/mol. The normalized spacial score (nSPS) is 15.4. The molecule has 0 heterocycles. The first-order chi connectivity index (χ1) is 10.9. The van der Waals surface area contributed by atoms with Crippen molar-refractivity contribution in [3.05, 3.63) is 33.8 Å². The topological polar surface area (TPSA) is 18.5 Å². The Hall–Kier alpha value is 0.154. The molecule has 0 amide bonds. The van der Waals surface area contributed by atoms with Crippen LogP contribution in [0, 0.1) is 0 Å². The fourth-order valence-corrected chi connectivity index (χ4v) is 5.41. The van der Waals surface area contributed by atoms with Gasteiger partial charge in [0, 0.05) is 15.6 Å². The Kier molecular flexibility index (Phi) is 8.50. The van der Waals surface area contributed by atoms with Crippen molar-refractivity contribution in [2.24, 2.45) is 0 Å². The second-order valence-corrected chi connectivity index (χ2v) is 17.9. The summed E-state index contributed by atoms with van der Waals surface area (Å²) in [6.07, 6.45) is 2.96. The first kappa shape index (κ1) is 22.2. The summed E-state index contributed by atoms with van der Waals surface area (Å²) in [5.74, 6) is 0. The first-order valence-corrected chi connectivity index (χ1v) is 16.3. The van der Waals surface area contributed by atoms with E-state index in [0.717, 1.165) is 24.8 Å². The van der Waals surface area contributed by atoms with E-state index in [2.05, 4.69) is 46.2 Å². The van der Waals surface area contributed by atoms with Gasteiger partial charge in [-0.2, -0.15) is 0 Å². The predicted molar refractivity (Wildman–Crippen MR) is 111 cm³/mol. The van der Waals surface area contributed by atoms with Gasteiger partial charge in [0.2, 0.25) is 0 Å². The lowest BCUT2D eigenvalue weighted by Gasteiger charge is -2.37. The second kappa shape index (κ2) is 9.20. The Morgan fingerprint density at radius 3 is 1.83 bits per heavy atom. The fourth-order valence-electron chi connectivity index (χ4n) is 2.62. The van der Waals surface area contributed by atoms with Crippen molar-refractivity contribution in [1.29, 1.82) is 0 Å². The molecule has 0 bridgehead atoms. The maximum Gasteiger partial charge on any atom is 0.184 e. The van der Waals surface area contributed by atoms with Gasteiger partial charge in [0.1, 0.15) is 0 Å². The zero-order valence-corrected chi connectivity index (χ0v) is 19.6. The van der Waals surface area contributed by atoms with E-state index in [1.807, 2.05) is 18.2 Å². The maximum absolute atomic E-state index is 6.56. The van der Waals surface area contributed by atoms with E-state index in [-0.39, 0.29) is 12.2 Å². The SMILES string of the molecule is CCCCC(O[Si](C)(C)C)[C@@H](O[Si](C)(C)C)c1c(Cl)cccc1Cl. The maximum atomic E-state index is 6.56. The zero-order chi connectivity index (χ0) is 18.5. The van der Waals surface area contributed by atoms with Crippen LogP contribution in [0.1, 0.15) is 37.9 Å². The van der Waals surface area contributed by atoms with Gasteiger partial charge in [0.05, 0.1) is 12.2 Å². The Morgan fingerprint density at radius 2 is 1.42 bits per heavy atom. The minimum Gasteiger partial charge on any atom is -0.412 e. The van der Waals surface area contributed by atoms with E-state index in [1.165, 1.54) is 0 Å². The highest BCUT2D eigenvalue weighted by Gasteiger charge is 2.35. The number of halogens is 2. The van der Waals surface area contributed by atoms with Crippen LogP contribution in [0.5, 0.6) is 0 Å². The van der Waals surface area contributed by atoms with Gasteiger partial charge in [0.15, 0.2) is 16.6 Å². The molecule has 1 aromatic carbocycles. The zero-order valence-electron chi connectivity index (χ0n) is 16.1. The molecular weight excluding hydrogens is 375 g/mol. The van der Waals surface area contributed by atoms with Crippen LogP contribution < -0.4 is 0 Å². The first-order valence-electron chi connectivity index (χ1n) is 8.74. The van der Waals surface area contributed by atoms with Crippen molar-refractivity contribution in [2.75, 3.05) is 0 Å². The van der Waals surface area contributed by atoms with Crippen molar-refractivity contribution in [3.8, 4) is 0 Å². The molecule has 0 aliphatic heterocycles. The third-order valence-corrected chi connectivity index (χ3v) is 6.08. The van der Waals surface area contributed by atoms with Crippen LogP contribution in [0.2, 0.25) is 49.3 Å². The lowest BCUT2D eigenvalue weighted by molar-refractivity contribution is 0.0363. The van der Waals surface area contributed by atoms with Crippen LogP contribution in [0.25, 0.3) is 0 Å². The Bertz CT molecular complexity index is 504. The van der Waals surface area contributed by atoms with Gasteiger partial charge in [-0.1, -0.05) is 49.0 Å². The van der Waals surface area contributed by atoms with Gasteiger partial charge in [-0.15, -0.1) is 0 Å². The molecule has 1 unspecified atom stereocenters. The summed E-state index contributed by atoms with van der Waals surface area (Å²) in [4.78, 5) is 0. The van der Waals surface area contributed by atoms with E-state index >= 15 is 0 Å². The number of unbranched alkanes of at least 4 members (excludes halogenated alkanes) is 1. The smallest absolute Gasteiger partial charge is 0.184 e. The average Bonchev–Trinajstić information content (AvgIpc) is 2.39. The summed E-state index contributed by atoms with van der Waals surface area (Å²) in [6.45, 7) is 15.4. The highest BCUT2D eigenvalue weighted by Crippen LogP contribution is 2.39. The van der Waals surface area contributed by atoms with Gasteiger partial charge in [0.25, 0.3) is 0 Å². The Labute approximate surface area is 160 Å². The van der Waals surface area contributed by atoms with Crippen LogP contribution in [0.15, 0.2) is 18.2 Å². The Balaban J connectivity index is 3.31. The molecule has 6 heteroatoms. The van der Waals surface area contributed by atoms with Crippen LogP contribution in [0.4, 0.5) is 0 Å². The molecule has 138 valence electrons. The molecule has 0 aromatic heterocycles. The quantitative estimate of drug-likeness (QED) is 0.400. The van der Waals surface area contributed by atoms with Crippen molar-refractivity contribution in [3.63, 3.8) is 0 Å². The molecule has 2 nitrogen and oxygen atoms in total. The highest BCUT2D eigenvalue weighted by atomic mass is 35.5. The van der Waals surface area contributed by atoms with E-state index < -0.39 is 16.6 Å². The lowest BCUT2D eigenvalue weighted by atomic mass is 10.00. The molecule has 0 spiro atoms. The number of hydrogen-bond donors (Lipinski definition) is 0. The van der Waals surface area contributed by atoms with Crippen LogP contribution in [-0.2, 0) is 8.85 Å². The third-order valence-electron chi connectivity index (χ3n) is 3.45. The van der Waals surface area contributed by atoms with E-state index in [4.69, 9.17) is 32.1 Å². The van der Waals surface area contributed by atoms with Crippen molar-refractivity contribution < 1.29 is 8.85 Å². The molecule has 0 aliphatic carbocycles. The standard InChI is InChI=1S/C18H32Cl2O2Si2/c1-8-9-13-16(21-23(2,3)4)18(22-24(5,6)7)17-14(19)11-10-12-15(17)20/h10-12,16,18H,8-9,13H2,1-7H3/t16?,18-/m1/s1. The summed E-state index contributed by atoms with van der Waals surface area (Å²) in [6, 6.07) is 5.64. The van der Waals surface area contributed by atoms with E-state index in [9.17, 15) is 0 Å². The molecule has 0 radical (unpaired) electrons. The van der Waals surface area contributed by atoms with E-state index in [1.54, 1.807) is 0 Å². The third kappa shape index (κ3) is 7.58. The van der Waals surface area contributed by atoms with Crippen molar-refractivity contribution in [2.45, 2.75) is 77.7 Å². The highest BCUT2D eigenvalue weighted by molar-refractivity contribution is 6.70. The van der Waals surface area contributed by atoms with E-state index in [0.29, 0.717) is 10.0 Å². The largest absolute Gasteiger partial charge is 0.412 e. The molecule has 0 aliphatic rings. The van der Waals surface area contributed by atoms with Gasteiger partial charge in [-0.05, 0) is 57.8 Å². The summed E-state index contributed by atoms with van der Waals surface area (Å²) < 4.78 is 13.1. The molecular formula is C18H32Cl2O2Si2. The minimum atomic E-state index is -1.81. The van der Waals surface area contributed by atoms with Gasteiger partial charge < -0.3 is 8.85 Å². The van der Waals surface area contributed by atoms with Crippen molar-refractivity contribution in [1.82, 2.24) is 0 Å². The van der Waals surface area contributed by atoms with Gasteiger partial charge >= 0.3 is 0 Å². The summed E-state index contributed by atoms with van der Waals surface area (Å²) in [7, 11) is -3.53. The summed E-state index contributed by atoms with van der Waals surface area (Å²) in [5.41, 5.74) is 0.877. The molecule has 0 N–H and O–H groups in total. The molecule has 24 heavy (non-hydrogen) atoms. The number of hydrogen-bond acceptors (Lipinski definition) is 2. The summed E-state index contributed by atoms with van der Waals surface area (Å²) >= 11 is 13.0. The van der Waals surface area contributed by atoms with Gasteiger partial charge in [-0.3, -0.25) is 0 Å². The van der Waals surface area contributed by atoms with Gasteiger partial charge in [-0.25, -0.2) is 0 Å². The molecule has 1 rings (SSSR count). The second-order valence-electron chi connectivity index (χ2n) is 8.20. The minimum absolute atomic E-state index is 0.0132. The Morgan fingerprint density at radius 1 is 0.917 bits per heavy atom. The number of benzene rings is 1. The predicted octanol–water partition coefficient (Wildman–Crippen LogP) is 7.30. The van der Waals surface area contributed by atoms with Crippen LogP contribution >= 0.6 is 23.2 Å². The molecule has 0 fully saturated rings. The lowest BCUT2D eigenvalue weighted by Crippen LogP contribution is -2.40. The molecule has 0 saturated heterocycles. The molecule has 2 atom stereocenters. The molecule has 0 saturated carbocycles. The molecule has 1 aromatic rings.